The van der Waals surface area contributed by atoms with Crippen LogP contribution in [0.15, 0.2) is 48.5 Å². The van der Waals surface area contributed by atoms with Crippen LogP contribution >= 0.6 is 11.6 Å². The van der Waals surface area contributed by atoms with E-state index >= 15 is 0 Å². The molecule has 7 nitrogen and oxygen atoms in total. The Labute approximate surface area is 180 Å². The molecule has 0 radical (unpaired) electrons. The number of carbonyl (C=O) groups is 1. The summed E-state index contributed by atoms with van der Waals surface area (Å²) in [6, 6.07) is 15.0. The molecule has 0 aliphatic carbocycles. The number of aromatic nitrogens is 2. The molecule has 0 atom stereocenters. The van der Waals surface area contributed by atoms with Gasteiger partial charge >= 0.3 is 0 Å². The van der Waals surface area contributed by atoms with Crippen molar-refractivity contribution in [3.8, 4) is 5.75 Å². The van der Waals surface area contributed by atoms with Crippen molar-refractivity contribution < 1.29 is 14.3 Å². The number of hydrogen-bond donors (Lipinski definition) is 1. The minimum atomic E-state index is -0.0424. The number of nitrogens with zero attached hydrogens (tertiary/aromatic N) is 3. The standard InChI is InChI=1S/C22H25ClN4O3/c23-17-5-7-18(8-6-17)30-16-21-25-19-3-1-2-4-20(19)27(21)15-22(28)24-9-10-26-11-13-29-14-12-26/h1-8H,9-16H2,(H,24,28). The maximum Gasteiger partial charge on any atom is 0.240 e. The molecule has 2 heterocycles. The lowest BCUT2D eigenvalue weighted by atomic mass is 10.3. The van der Waals surface area contributed by atoms with Crippen molar-refractivity contribution in [3.63, 3.8) is 0 Å². The number of morpholine rings is 1. The zero-order chi connectivity index (χ0) is 20.8. The number of rotatable bonds is 8. The first kappa shape index (κ1) is 20.7. The second-order valence-electron chi connectivity index (χ2n) is 7.15. The highest BCUT2D eigenvalue weighted by Gasteiger charge is 2.15. The summed E-state index contributed by atoms with van der Waals surface area (Å²) in [6.07, 6.45) is 0. The van der Waals surface area contributed by atoms with Gasteiger partial charge in [0.2, 0.25) is 5.91 Å². The van der Waals surface area contributed by atoms with Gasteiger partial charge in [0.15, 0.2) is 0 Å². The molecular weight excluding hydrogens is 404 g/mol. The van der Waals surface area contributed by atoms with Gasteiger partial charge in [-0.05, 0) is 36.4 Å². The molecule has 1 N–H and O–H groups in total. The number of amides is 1. The molecule has 2 aromatic carbocycles. The van der Waals surface area contributed by atoms with Gasteiger partial charge in [-0.3, -0.25) is 9.69 Å². The summed E-state index contributed by atoms with van der Waals surface area (Å²) in [5.41, 5.74) is 1.75. The third-order valence-electron chi connectivity index (χ3n) is 5.07. The molecule has 0 spiro atoms. The Balaban J connectivity index is 1.40. The molecule has 1 aromatic heterocycles. The molecule has 158 valence electrons. The maximum absolute atomic E-state index is 12.6. The van der Waals surface area contributed by atoms with Gasteiger partial charge in [0.1, 0.15) is 24.7 Å². The van der Waals surface area contributed by atoms with Crippen LogP contribution in [0.2, 0.25) is 5.02 Å². The van der Waals surface area contributed by atoms with Gasteiger partial charge < -0.3 is 19.4 Å². The quantitative estimate of drug-likeness (QED) is 0.597. The van der Waals surface area contributed by atoms with Crippen LogP contribution < -0.4 is 10.1 Å². The maximum atomic E-state index is 12.6. The van der Waals surface area contributed by atoms with Gasteiger partial charge in [0.25, 0.3) is 0 Å². The summed E-state index contributed by atoms with van der Waals surface area (Å²) in [7, 11) is 0. The molecule has 0 unspecified atom stereocenters. The SMILES string of the molecule is O=C(Cn1c(COc2ccc(Cl)cc2)nc2ccccc21)NCCN1CCOCC1. The highest BCUT2D eigenvalue weighted by molar-refractivity contribution is 6.30. The Morgan fingerprint density at radius 2 is 1.90 bits per heavy atom. The summed E-state index contributed by atoms with van der Waals surface area (Å²) in [5.74, 6) is 1.36. The highest BCUT2D eigenvalue weighted by Crippen LogP contribution is 2.20. The molecule has 0 bridgehead atoms. The predicted molar refractivity (Wildman–Crippen MR) is 116 cm³/mol. The normalized spacial score (nSPS) is 14.7. The lowest BCUT2D eigenvalue weighted by molar-refractivity contribution is -0.121. The van der Waals surface area contributed by atoms with Crippen LogP contribution in [0.5, 0.6) is 5.75 Å². The molecule has 4 rings (SSSR count). The Hall–Kier alpha value is -2.61. The lowest BCUT2D eigenvalue weighted by Gasteiger charge is -2.26. The van der Waals surface area contributed by atoms with Crippen LogP contribution in [0.3, 0.4) is 0 Å². The van der Waals surface area contributed by atoms with Crippen molar-refractivity contribution in [2.45, 2.75) is 13.2 Å². The molecule has 1 fully saturated rings. The van der Waals surface area contributed by atoms with Crippen molar-refractivity contribution in [1.29, 1.82) is 0 Å². The van der Waals surface area contributed by atoms with Crippen molar-refractivity contribution in [3.05, 3.63) is 59.4 Å². The molecule has 30 heavy (non-hydrogen) atoms. The molecular formula is C22H25ClN4O3. The Kier molecular flexibility index (Phi) is 6.84. The Morgan fingerprint density at radius 3 is 2.70 bits per heavy atom. The third-order valence-corrected chi connectivity index (χ3v) is 5.32. The highest BCUT2D eigenvalue weighted by atomic mass is 35.5. The number of ether oxygens (including phenoxy) is 2. The fourth-order valence-corrected chi connectivity index (χ4v) is 3.59. The zero-order valence-electron chi connectivity index (χ0n) is 16.7. The fraction of sp³-hybridized carbons (Fsp3) is 0.364. The number of para-hydroxylation sites is 2. The third kappa shape index (κ3) is 5.30. The number of benzene rings is 2. The number of fused-ring (bicyclic) bond motifs is 1. The monoisotopic (exact) mass is 428 g/mol. The van der Waals surface area contributed by atoms with Gasteiger partial charge in [-0.25, -0.2) is 4.98 Å². The summed E-state index contributed by atoms with van der Waals surface area (Å²) >= 11 is 5.93. The second-order valence-corrected chi connectivity index (χ2v) is 7.59. The average molecular weight is 429 g/mol. The molecule has 8 heteroatoms. The van der Waals surface area contributed by atoms with Crippen molar-refractivity contribution >= 4 is 28.5 Å². The first-order chi connectivity index (χ1) is 14.7. The number of imidazole rings is 1. The smallest absolute Gasteiger partial charge is 0.240 e. The molecule has 1 amide bonds. The van der Waals surface area contributed by atoms with Gasteiger partial charge in [0.05, 0.1) is 24.2 Å². The average Bonchev–Trinajstić information content (AvgIpc) is 3.11. The van der Waals surface area contributed by atoms with Gasteiger partial charge in [-0.1, -0.05) is 23.7 Å². The van der Waals surface area contributed by atoms with Crippen LogP contribution in [-0.2, 0) is 22.7 Å². The van der Waals surface area contributed by atoms with E-state index in [-0.39, 0.29) is 19.1 Å². The molecule has 1 saturated heterocycles. The van der Waals surface area contributed by atoms with Crippen LogP contribution in [0, 0.1) is 0 Å². The van der Waals surface area contributed by atoms with E-state index in [1.54, 1.807) is 12.1 Å². The van der Waals surface area contributed by atoms with Crippen LogP contribution in [0.4, 0.5) is 0 Å². The van der Waals surface area contributed by atoms with Crippen LogP contribution in [0.25, 0.3) is 11.0 Å². The Bertz CT molecular complexity index is 984. The van der Waals surface area contributed by atoms with Crippen LogP contribution in [-0.4, -0.2) is 59.8 Å². The molecule has 1 aliphatic heterocycles. The van der Waals surface area contributed by atoms with Crippen molar-refractivity contribution in [2.75, 3.05) is 39.4 Å². The molecule has 3 aromatic rings. The van der Waals surface area contributed by atoms with E-state index in [0.29, 0.717) is 23.1 Å². The molecule has 1 aliphatic rings. The number of hydrogen-bond acceptors (Lipinski definition) is 5. The minimum absolute atomic E-state index is 0.0424. The van der Waals surface area contributed by atoms with E-state index in [1.165, 1.54) is 0 Å². The number of carbonyl (C=O) groups excluding carboxylic acids is 1. The van der Waals surface area contributed by atoms with Gasteiger partial charge in [0, 0.05) is 31.2 Å². The van der Waals surface area contributed by atoms with E-state index in [0.717, 1.165) is 43.9 Å². The van der Waals surface area contributed by atoms with Gasteiger partial charge in [-0.2, -0.15) is 0 Å². The first-order valence-corrected chi connectivity index (χ1v) is 10.5. The molecule has 0 saturated carbocycles. The topological polar surface area (TPSA) is 68.6 Å². The van der Waals surface area contributed by atoms with Crippen molar-refractivity contribution in [2.24, 2.45) is 0 Å². The zero-order valence-corrected chi connectivity index (χ0v) is 17.5. The summed E-state index contributed by atoms with van der Waals surface area (Å²) < 4.78 is 13.1. The number of halogens is 1. The largest absolute Gasteiger partial charge is 0.486 e. The number of nitrogens with one attached hydrogen (secondary N) is 1. The van der Waals surface area contributed by atoms with Crippen molar-refractivity contribution in [1.82, 2.24) is 19.8 Å². The first-order valence-electron chi connectivity index (χ1n) is 10.1. The predicted octanol–water partition coefficient (Wildman–Crippen LogP) is 2.72. The van der Waals surface area contributed by atoms with E-state index in [9.17, 15) is 4.79 Å². The fourth-order valence-electron chi connectivity index (χ4n) is 3.47. The van der Waals surface area contributed by atoms with E-state index in [2.05, 4.69) is 15.2 Å². The summed E-state index contributed by atoms with van der Waals surface area (Å²) in [4.78, 5) is 19.6. The minimum Gasteiger partial charge on any atom is -0.486 e. The second kappa shape index (κ2) is 9.93. The summed E-state index contributed by atoms with van der Waals surface area (Å²) in [6.45, 7) is 5.23. The van der Waals surface area contributed by atoms with E-state index < -0.39 is 0 Å². The van der Waals surface area contributed by atoms with E-state index in [1.807, 2.05) is 41.0 Å². The summed E-state index contributed by atoms with van der Waals surface area (Å²) in [5, 5.41) is 3.67. The lowest BCUT2D eigenvalue weighted by Crippen LogP contribution is -2.41. The van der Waals surface area contributed by atoms with Gasteiger partial charge in [-0.15, -0.1) is 0 Å². The Morgan fingerprint density at radius 1 is 1.13 bits per heavy atom. The van der Waals surface area contributed by atoms with E-state index in [4.69, 9.17) is 21.1 Å². The van der Waals surface area contributed by atoms with Crippen LogP contribution in [0.1, 0.15) is 5.82 Å².